The average molecular weight is 342 g/mol. The molecule has 134 valence electrons. The molecule has 2 aromatic rings. The third-order valence-corrected chi connectivity index (χ3v) is 4.92. The number of piperazine rings is 1. The van der Waals surface area contributed by atoms with Crippen molar-refractivity contribution in [2.45, 2.75) is 25.9 Å². The molecule has 25 heavy (non-hydrogen) atoms. The van der Waals surface area contributed by atoms with Gasteiger partial charge in [0.05, 0.1) is 13.2 Å². The minimum absolute atomic E-state index is 0.152. The Morgan fingerprint density at radius 1 is 1.28 bits per heavy atom. The van der Waals surface area contributed by atoms with Crippen molar-refractivity contribution in [2.75, 3.05) is 33.8 Å². The predicted octanol–water partition coefficient (Wildman–Crippen LogP) is 1.97. The molecular formula is C19H26N4O2. The van der Waals surface area contributed by atoms with Gasteiger partial charge in [0.2, 0.25) is 5.91 Å². The number of carbonyl (C=O) groups excluding carboxylic acids is 1. The zero-order chi connectivity index (χ0) is 17.8. The van der Waals surface area contributed by atoms with E-state index < -0.39 is 0 Å². The number of amides is 1. The van der Waals surface area contributed by atoms with Crippen LogP contribution < -0.4 is 4.74 Å². The molecule has 2 heterocycles. The van der Waals surface area contributed by atoms with Crippen LogP contribution in [0.5, 0.6) is 5.75 Å². The summed E-state index contributed by atoms with van der Waals surface area (Å²) < 4.78 is 7.18. The number of ether oxygens (including phenoxy) is 1. The minimum Gasteiger partial charge on any atom is -0.497 e. The van der Waals surface area contributed by atoms with E-state index >= 15 is 0 Å². The van der Waals surface area contributed by atoms with E-state index in [4.69, 9.17) is 4.74 Å². The Labute approximate surface area is 149 Å². The zero-order valence-corrected chi connectivity index (χ0v) is 15.2. The number of aryl methyl sites for hydroxylation is 1. The fourth-order valence-electron chi connectivity index (χ4n) is 3.33. The Kier molecular flexibility index (Phi) is 5.38. The number of hydrogen-bond donors (Lipinski definition) is 0. The highest BCUT2D eigenvalue weighted by molar-refractivity contribution is 5.76. The molecule has 1 aromatic carbocycles. The van der Waals surface area contributed by atoms with E-state index in [9.17, 15) is 4.79 Å². The van der Waals surface area contributed by atoms with Gasteiger partial charge in [0.1, 0.15) is 18.1 Å². The lowest BCUT2D eigenvalue weighted by Gasteiger charge is -2.39. The van der Waals surface area contributed by atoms with Crippen molar-refractivity contribution >= 4 is 5.91 Å². The predicted molar refractivity (Wildman–Crippen MR) is 96.6 cm³/mol. The van der Waals surface area contributed by atoms with Crippen LogP contribution in [0.3, 0.4) is 0 Å². The number of rotatable bonds is 5. The molecule has 6 nitrogen and oxygen atoms in total. The highest BCUT2D eigenvalue weighted by Gasteiger charge is 2.28. The highest BCUT2D eigenvalue weighted by Crippen LogP contribution is 2.26. The molecule has 0 bridgehead atoms. The van der Waals surface area contributed by atoms with E-state index in [1.54, 1.807) is 13.3 Å². The topological polar surface area (TPSA) is 50.6 Å². The first-order valence-electron chi connectivity index (χ1n) is 8.74. The van der Waals surface area contributed by atoms with Crippen molar-refractivity contribution in [3.63, 3.8) is 0 Å². The number of hydrogen-bond acceptors (Lipinski definition) is 4. The molecule has 1 saturated heterocycles. The maximum atomic E-state index is 12.8. The third kappa shape index (κ3) is 3.85. The molecule has 1 atom stereocenters. The lowest BCUT2D eigenvalue weighted by molar-refractivity contribution is -0.134. The first-order chi connectivity index (χ1) is 12.1. The highest BCUT2D eigenvalue weighted by atomic mass is 16.5. The lowest BCUT2D eigenvalue weighted by atomic mass is 10.0. The van der Waals surface area contributed by atoms with E-state index in [1.165, 1.54) is 5.56 Å². The van der Waals surface area contributed by atoms with Crippen molar-refractivity contribution in [1.29, 1.82) is 0 Å². The van der Waals surface area contributed by atoms with Gasteiger partial charge in [-0.3, -0.25) is 9.69 Å². The van der Waals surface area contributed by atoms with Gasteiger partial charge in [-0.05, 0) is 24.7 Å². The Balaban J connectivity index is 1.69. The van der Waals surface area contributed by atoms with Gasteiger partial charge < -0.3 is 14.2 Å². The van der Waals surface area contributed by atoms with Crippen molar-refractivity contribution in [1.82, 2.24) is 19.4 Å². The summed E-state index contributed by atoms with van der Waals surface area (Å²) in [4.78, 5) is 21.3. The second-order valence-electron chi connectivity index (χ2n) is 6.43. The van der Waals surface area contributed by atoms with Crippen LogP contribution >= 0.6 is 0 Å². The SMILES string of the molecule is CCc1nccn1CC(=O)N1CCN(C)[C@@H](c2ccc(OC)cc2)C1. The molecule has 3 rings (SSSR count). The maximum Gasteiger partial charge on any atom is 0.242 e. The molecule has 0 unspecified atom stereocenters. The fourth-order valence-corrected chi connectivity index (χ4v) is 3.33. The molecule has 6 heteroatoms. The standard InChI is InChI=1S/C19H26N4O2/c1-4-18-20-9-10-22(18)14-19(24)23-12-11-21(2)17(13-23)15-5-7-16(25-3)8-6-15/h5-10,17H,4,11-14H2,1-3H3/t17-/m1/s1. The van der Waals surface area contributed by atoms with Gasteiger partial charge >= 0.3 is 0 Å². The van der Waals surface area contributed by atoms with Gasteiger partial charge in [-0.15, -0.1) is 0 Å². The number of aromatic nitrogens is 2. The van der Waals surface area contributed by atoms with Gasteiger partial charge in [-0.1, -0.05) is 19.1 Å². The number of benzene rings is 1. The molecule has 1 aliphatic heterocycles. The molecule has 0 N–H and O–H groups in total. The number of carbonyl (C=O) groups is 1. The largest absolute Gasteiger partial charge is 0.497 e. The van der Waals surface area contributed by atoms with Gasteiger partial charge in [0.25, 0.3) is 0 Å². The van der Waals surface area contributed by atoms with Crippen LogP contribution in [-0.4, -0.2) is 59.0 Å². The summed E-state index contributed by atoms with van der Waals surface area (Å²) in [6, 6.07) is 8.32. The Morgan fingerprint density at radius 3 is 2.72 bits per heavy atom. The molecule has 0 radical (unpaired) electrons. The van der Waals surface area contributed by atoms with Crippen molar-refractivity contribution in [3.8, 4) is 5.75 Å². The van der Waals surface area contributed by atoms with Crippen LogP contribution in [0.25, 0.3) is 0 Å². The van der Waals surface area contributed by atoms with Crippen molar-refractivity contribution < 1.29 is 9.53 Å². The summed E-state index contributed by atoms with van der Waals surface area (Å²) in [6.45, 7) is 4.75. The molecular weight excluding hydrogens is 316 g/mol. The zero-order valence-electron chi connectivity index (χ0n) is 15.2. The Bertz CT molecular complexity index is 710. The number of methoxy groups -OCH3 is 1. The monoisotopic (exact) mass is 342 g/mol. The Hall–Kier alpha value is -2.34. The summed E-state index contributed by atoms with van der Waals surface area (Å²) in [7, 11) is 3.78. The molecule has 1 aromatic heterocycles. The van der Waals surface area contributed by atoms with E-state index in [-0.39, 0.29) is 11.9 Å². The van der Waals surface area contributed by atoms with Crippen LogP contribution in [0.2, 0.25) is 0 Å². The average Bonchev–Trinajstić information content (AvgIpc) is 3.09. The van der Waals surface area contributed by atoms with Gasteiger partial charge in [-0.2, -0.15) is 0 Å². The maximum absolute atomic E-state index is 12.8. The van der Waals surface area contributed by atoms with Gasteiger partial charge in [0, 0.05) is 38.4 Å². The van der Waals surface area contributed by atoms with Crippen LogP contribution in [0.1, 0.15) is 24.4 Å². The third-order valence-electron chi connectivity index (χ3n) is 4.92. The fraction of sp³-hybridized carbons (Fsp3) is 0.474. The summed E-state index contributed by atoms with van der Waals surface area (Å²) in [6.07, 6.45) is 4.47. The van der Waals surface area contributed by atoms with E-state index in [0.717, 1.165) is 31.1 Å². The molecule has 0 spiro atoms. The summed E-state index contributed by atoms with van der Waals surface area (Å²) >= 11 is 0. The van der Waals surface area contributed by atoms with Gasteiger partial charge in [-0.25, -0.2) is 4.98 Å². The smallest absolute Gasteiger partial charge is 0.242 e. The molecule has 1 fully saturated rings. The molecule has 0 aliphatic carbocycles. The molecule has 0 saturated carbocycles. The second kappa shape index (κ2) is 7.70. The number of imidazole rings is 1. The first-order valence-corrected chi connectivity index (χ1v) is 8.74. The quantitative estimate of drug-likeness (QED) is 0.834. The molecule has 1 amide bonds. The van der Waals surface area contributed by atoms with Gasteiger partial charge in [0.15, 0.2) is 0 Å². The first kappa shape index (κ1) is 17.5. The summed E-state index contributed by atoms with van der Waals surface area (Å²) in [5.41, 5.74) is 1.21. The van der Waals surface area contributed by atoms with E-state index in [0.29, 0.717) is 13.1 Å². The van der Waals surface area contributed by atoms with Crippen LogP contribution in [0.15, 0.2) is 36.7 Å². The number of nitrogens with zero attached hydrogens (tertiary/aromatic N) is 4. The lowest BCUT2D eigenvalue weighted by Crippen LogP contribution is -2.49. The van der Waals surface area contributed by atoms with Crippen molar-refractivity contribution in [2.24, 2.45) is 0 Å². The number of likely N-dealkylation sites (N-methyl/N-ethyl adjacent to an activating group) is 1. The van der Waals surface area contributed by atoms with Crippen LogP contribution in [0, 0.1) is 0 Å². The van der Waals surface area contributed by atoms with E-state index in [1.807, 2.05) is 27.8 Å². The van der Waals surface area contributed by atoms with Crippen LogP contribution in [0.4, 0.5) is 0 Å². The molecule has 1 aliphatic rings. The minimum atomic E-state index is 0.152. The van der Waals surface area contributed by atoms with Crippen LogP contribution in [-0.2, 0) is 17.8 Å². The normalized spacial score (nSPS) is 18.4. The van der Waals surface area contributed by atoms with E-state index in [2.05, 4.69) is 36.0 Å². The van der Waals surface area contributed by atoms with Crippen molar-refractivity contribution in [3.05, 3.63) is 48.0 Å². The summed E-state index contributed by atoms with van der Waals surface area (Å²) in [5, 5.41) is 0. The Morgan fingerprint density at radius 2 is 2.04 bits per heavy atom. The second-order valence-corrected chi connectivity index (χ2v) is 6.43. The summed E-state index contributed by atoms with van der Waals surface area (Å²) in [5.74, 6) is 1.95.